The maximum absolute atomic E-state index is 12.8. The normalized spacial score (nSPS) is 14.1. The molecule has 1 aromatic heterocycles. The Bertz CT molecular complexity index is 1180. The van der Waals surface area contributed by atoms with Crippen molar-refractivity contribution in [1.29, 1.82) is 0 Å². The molecule has 0 saturated carbocycles. The summed E-state index contributed by atoms with van der Waals surface area (Å²) in [6, 6.07) is 12.4. The van der Waals surface area contributed by atoms with Gasteiger partial charge in [0.1, 0.15) is 16.8 Å². The first-order valence-corrected chi connectivity index (χ1v) is 12.1. The predicted molar refractivity (Wildman–Crippen MR) is 131 cm³/mol. The van der Waals surface area contributed by atoms with Gasteiger partial charge in [-0.05, 0) is 36.6 Å². The molecule has 4 rings (SSSR count). The summed E-state index contributed by atoms with van der Waals surface area (Å²) in [5, 5.41) is 3.39. The molecule has 0 N–H and O–H groups in total. The maximum atomic E-state index is 12.8. The summed E-state index contributed by atoms with van der Waals surface area (Å²) in [4.78, 5) is 31.9. The zero-order valence-electron chi connectivity index (χ0n) is 18.7. The van der Waals surface area contributed by atoms with E-state index in [1.165, 1.54) is 16.2 Å². The van der Waals surface area contributed by atoms with Crippen molar-refractivity contribution in [2.75, 3.05) is 18.1 Å². The van der Waals surface area contributed by atoms with Crippen LogP contribution in [0.4, 0.5) is 5.69 Å². The molecule has 2 aromatic carbocycles. The van der Waals surface area contributed by atoms with E-state index in [0.29, 0.717) is 29.5 Å². The second kappa shape index (κ2) is 9.93. The number of carbonyl (C=O) groups is 2. The van der Waals surface area contributed by atoms with Gasteiger partial charge in [-0.25, -0.2) is 9.78 Å². The molecule has 0 radical (unpaired) electrons. The van der Waals surface area contributed by atoms with Crippen LogP contribution in [0.5, 0.6) is 5.75 Å². The van der Waals surface area contributed by atoms with Gasteiger partial charge in [0.2, 0.25) is 0 Å². The summed E-state index contributed by atoms with van der Waals surface area (Å²) in [5.41, 5.74) is 2.99. The van der Waals surface area contributed by atoms with Gasteiger partial charge in [0.15, 0.2) is 6.61 Å². The molecule has 0 fully saturated rings. The Balaban J connectivity index is 1.68. The number of hydrogen-bond acceptors (Lipinski definition) is 6. The lowest BCUT2D eigenvalue weighted by Gasteiger charge is -2.34. The van der Waals surface area contributed by atoms with Gasteiger partial charge in [-0.3, -0.25) is 9.69 Å². The third-order valence-electron chi connectivity index (χ3n) is 5.27. The number of hydrogen-bond donors (Lipinski definition) is 0. The Morgan fingerprint density at radius 1 is 1.27 bits per heavy atom. The van der Waals surface area contributed by atoms with E-state index in [1.54, 1.807) is 0 Å². The van der Waals surface area contributed by atoms with E-state index >= 15 is 0 Å². The Morgan fingerprint density at radius 2 is 2.06 bits per heavy atom. The number of nitrogens with zero attached hydrogens (tertiary/aromatic N) is 2. The summed E-state index contributed by atoms with van der Waals surface area (Å²) in [6.07, 6.45) is 0.430. The Morgan fingerprint density at radius 3 is 2.79 bits per heavy atom. The minimum Gasteiger partial charge on any atom is -0.482 e. The highest BCUT2D eigenvalue weighted by Gasteiger charge is 2.36. The van der Waals surface area contributed by atoms with Crippen molar-refractivity contribution in [2.45, 2.75) is 33.2 Å². The minimum atomic E-state index is -0.719. The first-order chi connectivity index (χ1) is 15.9. The quantitative estimate of drug-likeness (QED) is 0.394. The van der Waals surface area contributed by atoms with Gasteiger partial charge in [-0.2, -0.15) is 0 Å². The largest absolute Gasteiger partial charge is 0.482 e. The van der Waals surface area contributed by atoms with E-state index in [2.05, 4.69) is 0 Å². The van der Waals surface area contributed by atoms with Gasteiger partial charge in [-0.1, -0.05) is 50.6 Å². The average molecular weight is 485 g/mol. The van der Waals surface area contributed by atoms with Crippen LogP contribution in [0.3, 0.4) is 0 Å². The van der Waals surface area contributed by atoms with E-state index in [4.69, 9.17) is 26.1 Å². The molecule has 2 heterocycles. The van der Waals surface area contributed by atoms with Crippen LogP contribution < -0.4 is 9.64 Å². The lowest BCUT2D eigenvalue weighted by molar-refractivity contribution is -0.147. The van der Waals surface area contributed by atoms with Crippen molar-refractivity contribution >= 4 is 40.5 Å². The van der Waals surface area contributed by atoms with Crippen LogP contribution in [0.2, 0.25) is 5.02 Å². The molecular weight excluding hydrogens is 460 g/mol. The summed E-state index contributed by atoms with van der Waals surface area (Å²) < 4.78 is 11.1. The summed E-state index contributed by atoms with van der Waals surface area (Å²) in [6.45, 7) is 6.00. The van der Waals surface area contributed by atoms with Crippen LogP contribution in [0.25, 0.3) is 21.8 Å². The number of aromatic nitrogens is 1. The Kier molecular flexibility index (Phi) is 7.00. The van der Waals surface area contributed by atoms with Crippen LogP contribution in [-0.2, 0) is 14.3 Å². The summed E-state index contributed by atoms with van der Waals surface area (Å²) >= 11 is 7.83. The fourth-order valence-corrected chi connectivity index (χ4v) is 4.79. The summed E-state index contributed by atoms with van der Waals surface area (Å²) in [7, 11) is 0. The monoisotopic (exact) mass is 484 g/mol. The first-order valence-electron chi connectivity index (χ1n) is 10.8. The molecule has 1 aliphatic rings. The molecule has 3 aromatic rings. The number of carbonyl (C=O) groups excluding carboxylic acids is 2. The lowest BCUT2D eigenvalue weighted by Crippen LogP contribution is -2.50. The molecule has 1 unspecified atom stereocenters. The molecule has 172 valence electrons. The Labute approximate surface area is 202 Å². The summed E-state index contributed by atoms with van der Waals surface area (Å²) in [5.74, 6) is 0.0771. The third kappa shape index (κ3) is 4.89. The second-order valence-corrected chi connectivity index (χ2v) is 9.47. The molecule has 0 bridgehead atoms. The SMILES string of the molecule is CCC(C(=O)OCC(C)C)N1C(=O)COc2ccc(-c3csc(-c4ccccc4Cl)n3)cc21. The second-order valence-electron chi connectivity index (χ2n) is 8.20. The number of benzene rings is 2. The predicted octanol–water partition coefficient (Wildman–Crippen LogP) is 5.83. The van der Waals surface area contributed by atoms with Gasteiger partial charge in [-0.15, -0.1) is 11.3 Å². The molecule has 0 aliphatic carbocycles. The van der Waals surface area contributed by atoms with E-state index < -0.39 is 12.0 Å². The standard InChI is InChI=1S/C25H25ClN2O4S/c1-4-20(25(30)32-12-15(2)3)28-21-11-16(9-10-22(21)31-13-23(28)29)19-14-33-24(27-19)17-7-5-6-8-18(17)26/h5-11,14-15,20H,4,12-13H2,1-3H3. The van der Waals surface area contributed by atoms with Crippen molar-refractivity contribution in [1.82, 2.24) is 4.98 Å². The first kappa shape index (κ1) is 23.3. The van der Waals surface area contributed by atoms with Crippen LogP contribution in [0.1, 0.15) is 27.2 Å². The van der Waals surface area contributed by atoms with Crippen LogP contribution in [0, 0.1) is 5.92 Å². The number of anilines is 1. The molecular formula is C25H25ClN2O4S. The topological polar surface area (TPSA) is 68.7 Å². The maximum Gasteiger partial charge on any atom is 0.329 e. The van der Waals surface area contributed by atoms with Gasteiger partial charge in [0, 0.05) is 16.5 Å². The zero-order valence-corrected chi connectivity index (χ0v) is 20.3. The number of halogens is 1. The highest BCUT2D eigenvalue weighted by Crippen LogP contribution is 2.39. The van der Waals surface area contributed by atoms with Gasteiger partial charge in [0.05, 0.1) is 23.0 Å². The van der Waals surface area contributed by atoms with E-state index in [-0.39, 0.29) is 18.4 Å². The Hall–Kier alpha value is -2.90. The lowest BCUT2D eigenvalue weighted by atomic mass is 10.1. The van der Waals surface area contributed by atoms with Gasteiger partial charge < -0.3 is 9.47 Å². The molecule has 1 aliphatic heterocycles. The van der Waals surface area contributed by atoms with Crippen LogP contribution >= 0.6 is 22.9 Å². The van der Waals surface area contributed by atoms with Crippen LogP contribution in [0.15, 0.2) is 47.8 Å². The molecule has 0 saturated heterocycles. The minimum absolute atomic E-state index is 0.117. The van der Waals surface area contributed by atoms with E-state index in [0.717, 1.165) is 21.8 Å². The van der Waals surface area contributed by atoms with Crippen molar-refractivity contribution in [3.8, 4) is 27.6 Å². The number of ether oxygens (including phenoxy) is 2. The molecule has 33 heavy (non-hydrogen) atoms. The molecule has 1 atom stereocenters. The number of fused-ring (bicyclic) bond motifs is 1. The van der Waals surface area contributed by atoms with E-state index in [1.807, 2.05) is 68.6 Å². The molecule has 1 amide bonds. The molecule has 6 nitrogen and oxygen atoms in total. The fourth-order valence-electron chi connectivity index (χ4n) is 3.64. The zero-order chi connectivity index (χ0) is 23.5. The number of amides is 1. The van der Waals surface area contributed by atoms with Gasteiger partial charge in [0.25, 0.3) is 5.91 Å². The fraction of sp³-hybridized carbons (Fsp3) is 0.320. The highest BCUT2D eigenvalue weighted by atomic mass is 35.5. The smallest absolute Gasteiger partial charge is 0.329 e. The number of rotatable bonds is 7. The third-order valence-corrected chi connectivity index (χ3v) is 6.48. The highest BCUT2D eigenvalue weighted by molar-refractivity contribution is 7.13. The number of esters is 1. The number of thiazole rings is 1. The van der Waals surface area contributed by atoms with Crippen molar-refractivity contribution in [2.24, 2.45) is 5.92 Å². The van der Waals surface area contributed by atoms with Crippen molar-refractivity contribution < 1.29 is 19.1 Å². The average Bonchev–Trinajstić information content (AvgIpc) is 3.29. The molecule has 0 spiro atoms. The van der Waals surface area contributed by atoms with Gasteiger partial charge >= 0.3 is 5.97 Å². The molecule has 8 heteroatoms. The van der Waals surface area contributed by atoms with Crippen molar-refractivity contribution in [3.05, 3.63) is 52.9 Å². The van der Waals surface area contributed by atoms with E-state index in [9.17, 15) is 9.59 Å². The van der Waals surface area contributed by atoms with Crippen LogP contribution in [-0.4, -0.2) is 36.1 Å². The van der Waals surface area contributed by atoms with Crippen molar-refractivity contribution in [3.63, 3.8) is 0 Å².